The van der Waals surface area contributed by atoms with E-state index in [2.05, 4.69) is 40.5 Å². The first-order chi connectivity index (χ1) is 12.4. The molecule has 0 spiro atoms. The van der Waals surface area contributed by atoms with Crippen LogP contribution in [0, 0.1) is 0 Å². The van der Waals surface area contributed by atoms with Crippen molar-refractivity contribution in [2.45, 2.75) is 82.9 Å². The summed E-state index contributed by atoms with van der Waals surface area (Å²) in [5.41, 5.74) is 1.07. The summed E-state index contributed by atoms with van der Waals surface area (Å²) in [7, 11) is 0. The topological polar surface area (TPSA) is 41.6 Å². The molecule has 1 aliphatic heterocycles. The summed E-state index contributed by atoms with van der Waals surface area (Å²) in [6, 6.07) is 11.9. The molecule has 0 radical (unpaired) electrons. The number of ether oxygens (including phenoxy) is 1. The third-order valence-electron chi connectivity index (χ3n) is 5.73. The van der Waals surface area contributed by atoms with Crippen LogP contribution in [0.5, 0.6) is 0 Å². The zero-order valence-corrected chi connectivity index (χ0v) is 16.5. The number of hydrogen-bond donors (Lipinski definition) is 1. The van der Waals surface area contributed by atoms with E-state index in [0.29, 0.717) is 6.04 Å². The minimum absolute atomic E-state index is 0.267. The summed E-state index contributed by atoms with van der Waals surface area (Å²) >= 11 is 0. The number of likely N-dealkylation sites (tertiary alicyclic amines) is 1. The van der Waals surface area contributed by atoms with Crippen LogP contribution in [0.4, 0.5) is 4.79 Å². The molecule has 0 atom stereocenters. The van der Waals surface area contributed by atoms with Crippen LogP contribution in [0.2, 0.25) is 0 Å². The van der Waals surface area contributed by atoms with Gasteiger partial charge in [0.25, 0.3) is 0 Å². The van der Waals surface area contributed by atoms with Gasteiger partial charge in [0.15, 0.2) is 0 Å². The lowest BCUT2D eigenvalue weighted by molar-refractivity contribution is 0.0470. The number of carbonyl (C=O) groups is 1. The Morgan fingerprint density at radius 2 is 1.62 bits per heavy atom. The van der Waals surface area contributed by atoms with Crippen molar-refractivity contribution in [1.82, 2.24) is 10.2 Å². The zero-order chi connectivity index (χ0) is 18.6. The average molecular weight is 359 g/mol. The van der Waals surface area contributed by atoms with Crippen molar-refractivity contribution in [2.75, 3.05) is 13.1 Å². The Morgan fingerprint density at radius 1 is 1.00 bits per heavy atom. The predicted molar refractivity (Wildman–Crippen MR) is 105 cm³/mol. The molecule has 1 aliphatic carbocycles. The van der Waals surface area contributed by atoms with E-state index in [9.17, 15) is 4.79 Å². The molecule has 4 nitrogen and oxygen atoms in total. The molecule has 4 heteroatoms. The normalized spacial score (nSPS) is 25.7. The van der Waals surface area contributed by atoms with Crippen LogP contribution in [0.15, 0.2) is 30.3 Å². The van der Waals surface area contributed by atoms with Gasteiger partial charge in [-0.1, -0.05) is 30.3 Å². The molecule has 1 heterocycles. The maximum Gasteiger partial charge on any atom is 0.407 e. The standard InChI is InChI=1S/C22H34N2O2/c1-22(2,3)26-21(25)23-19-9-11-20(12-10-19)24-15-13-18(14-16-24)17-7-5-4-6-8-17/h4-8,18-20H,9-16H2,1-3H3,(H,23,25). The Balaban J connectivity index is 1.40. The Morgan fingerprint density at radius 3 is 2.19 bits per heavy atom. The van der Waals surface area contributed by atoms with Gasteiger partial charge in [-0.25, -0.2) is 4.79 Å². The average Bonchev–Trinajstić information content (AvgIpc) is 2.62. The summed E-state index contributed by atoms with van der Waals surface area (Å²) in [6.45, 7) is 8.12. The molecule has 1 N–H and O–H groups in total. The van der Waals surface area contributed by atoms with Gasteiger partial charge in [0.2, 0.25) is 0 Å². The van der Waals surface area contributed by atoms with Gasteiger partial charge in [-0.3, -0.25) is 0 Å². The van der Waals surface area contributed by atoms with Gasteiger partial charge in [-0.15, -0.1) is 0 Å². The summed E-state index contributed by atoms with van der Waals surface area (Å²) in [4.78, 5) is 14.6. The monoisotopic (exact) mass is 358 g/mol. The van der Waals surface area contributed by atoms with E-state index in [1.165, 1.54) is 44.3 Å². The van der Waals surface area contributed by atoms with E-state index >= 15 is 0 Å². The molecule has 0 aromatic heterocycles. The molecule has 1 aromatic carbocycles. The smallest absolute Gasteiger partial charge is 0.407 e. The Hall–Kier alpha value is -1.55. The SMILES string of the molecule is CC(C)(C)OC(=O)NC1CCC(N2CCC(c3ccccc3)CC2)CC1. The van der Waals surface area contributed by atoms with Crippen molar-refractivity contribution in [3.05, 3.63) is 35.9 Å². The molecule has 26 heavy (non-hydrogen) atoms. The summed E-state index contributed by atoms with van der Waals surface area (Å²) in [5.74, 6) is 0.720. The van der Waals surface area contributed by atoms with Crippen molar-refractivity contribution in [2.24, 2.45) is 0 Å². The van der Waals surface area contributed by atoms with Crippen LogP contribution in [0.3, 0.4) is 0 Å². The third kappa shape index (κ3) is 5.47. The lowest BCUT2D eigenvalue weighted by atomic mass is 9.85. The molecular weight excluding hydrogens is 324 g/mol. The summed E-state index contributed by atoms with van der Waals surface area (Å²) in [5, 5.41) is 3.05. The molecule has 1 saturated carbocycles. The van der Waals surface area contributed by atoms with E-state index in [1.807, 2.05) is 20.8 Å². The quantitative estimate of drug-likeness (QED) is 0.851. The fourth-order valence-electron chi connectivity index (χ4n) is 4.38. The van der Waals surface area contributed by atoms with E-state index in [0.717, 1.165) is 18.8 Å². The van der Waals surface area contributed by atoms with Crippen LogP contribution in [-0.4, -0.2) is 41.8 Å². The first-order valence-corrected chi connectivity index (χ1v) is 10.2. The minimum atomic E-state index is -0.426. The number of rotatable bonds is 3. The second-order valence-electron chi connectivity index (χ2n) is 8.87. The molecule has 2 fully saturated rings. The molecule has 1 aromatic rings. The highest BCUT2D eigenvalue weighted by atomic mass is 16.6. The summed E-state index contributed by atoms with van der Waals surface area (Å²) in [6.07, 6.45) is 6.72. The highest BCUT2D eigenvalue weighted by Crippen LogP contribution is 2.32. The Labute approximate surface area is 158 Å². The van der Waals surface area contributed by atoms with Gasteiger partial charge in [0, 0.05) is 12.1 Å². The van der Waals surface area contributed by atoms with E-state index in [4.69, 9.17) is 4.74 Å². The van der Waals surface area contributed by atoms with Crippen molar-refractivity contribution in [1.29, 1.82) is 0 Å². The number of amides is 1. The van der Waals surface area contributed by atoms with Crippen molar-refractivity contribution >= 4 is 6.09 Å². The van der Waals surface area contributed by atoms with Crippen molar-refractivity contribution in [3.63, 3.8) is 0 Å². The molecule has 2 aliphatic rings. The maximum atomic E-state index is 11.9. The Bertz CT molecular complexity index is 566. The number of piperidine rings is 1. The predicted octanol–water partition coefficient (Wildman–Crippen LogP) is 4.70. The second-order valence-corrected chi connectivity index (χ2v) is 8.87. The number of nitrogens with one attached hydrogen (secondary N) is 1. The molecule has 0 unspecified atom stereocenters. The fraction of sp³-hybridized carbons (Fsp3) is 0.682. The van der Waals surface area contributed by atoms with E-state index < -0.39 is 5.60 Å². The molecule has 0 bridgehead atoms. The van der Waals surface area contributed by atoms with Crippen LogP contribution < -0.4 is 5.32 Å². The van der Waals surface area contributed by atoms with Gasteiger partial charge in [-0.2, -0.15) is 0 Å². The van der Waals surface area contributed by atoms with Crippen LogP contribution >= 0.6 is 0 Å². The highest BCUT2D eigenvalue weighted by molar-refractivity contribution is 5.68. The first-order valence-electron chi connectivity index (χ1n) is 10.2. The van der Waals surface area contributed by atoms with Crippen LogP contribution in [0.1, 0.15) is 70.8 Å². The highest BCUT2D eigenvalue weighted by Gasteiger charge is 2.30. The minimum Gasteiger partial charge on any atom is -0.444 e. The van der Waals surface area contributed by atoms with Crippen molar-refractivity contribution < 1.29 is 9.53 Å². The molecule has 144 valence electrons. The summed E-state index contributed by atoms with van der Waals surface area (Å²) < 4.78 is 5.38. The van der Waals surface area contributed by atoms with Gasteiger partial charge >= 0.3 is 6.09 Å². The first kappa shape index (κ1) is 19.2. The number of nitrogens with zero attached hydrogens (tertiary/aromatic N) is 1. The largest absolute Gasteiger partial charge is 0.444 e. The van der Waals surface area contributed by atoms with Gasteiger partial charge in [0.1, 0.15) is 5.60 Å². The van der Waals surface area contributed by atoms with E-state index in [1.54, 1.807) is 0 Å². The van der Waals surface area contributed by atoms with Crippen LogP contribution in [0.25, 0.3) is 0 Å². The Kier molecular flexibility index (Phi) is 6.23. The van der Waals surface area contributed by atoms with Gasteiger partial charge < -0.3 is 15.0 Å². The lowest BCUT2D eigenvalue weighted by Crippen LogP contribution is -2.47. The van der Waals surface area contributed by atoms with Gasteiger partial charge in [0.05, 0.1) is 0 Å². The molecule has 1 saturated heterocycles. The zero-order valence-electron chi connectivity index (χ0n) is 16.5. The second kappa shape index (κ2) is 8.43. The number of hydrogen-bond acceptors (Lipinski definition) is 3. The third-order valence-corrected chi connectivity index (χ3v) is 5.73. The number of benzene rings is 1. The maximum absolute atomic E-state index is 11.9. The fourth-order valence-corrected chi connectivity index (χ4v) is 4.38. The van der Waals surface area contributed by atoms with Gasteiger partial charge in [-0.05, 0) is 83.9 Å². The molecule has 1 amide bonds. The number of carbonyl (C=O) groups excluding carboxylic acids is 1. The molecule has 3 rings (SSSR count). The molecular formula is C22H34N2O2. The lowest BCUT2D eigenvalue weighted by Gasteiger charge is -2.41. The van der Waals surface area contributed by atoms with Crippen molar-refractivity contribution in [3.8, 4) is 0 Å². The number of alkyl carbamates (subject to hydrolysis) is 1. The van der Waals surface area contributed by atoms with Crippen LogP contribution in [-0.2, 0) is 4.74 Å². The van der Waals surface area contributed by atoms with E-state index in [-0.39, 0.29) is 12.1 Å².